The molecule has 4 rings (SSSR count). The second-order valence-electron chi connectivity index (χ2n) is 8.83. The Hall–Kier alpha value is -4.27. The lowest BCUT2D eigenvalue weighted by molar-refractivity contribution is 0.0950. The average molecular weight is 472 g/mol. The summed E-state index contributed by atoms with van der Waals surface area (Å²) in [6.07, 6.45) is 5.22. The zero-order valence-electron chi connectivity index (χ0n) is 20.8. The standard InChI is InChI=1S/C26H29N7O2/c1-15-9-16(2)31-25(35)22(15)14-27-24(34)21-11-18(19-12-28-26(29-13-19)32(4)5)10-20(17(21)3)23-7-8-30-33(23)6/h7-13H,14H2,1-6H3,(H,27,34)(H,31,35). The number of anilines is 1. The summed E-state index contributed by atoms with van der Waals surface area (Å²) < 4.78 is 1.77. The number of H-pyrrole nitrogens is 1. The number of aromatic nitrogens is 5. The van der Waals surface area contributed by atoms with Gasteiger partial charge in [-0.3, -0.25) is 14.3 Å². The molecule has 3 heterocycles. The number of carbonyl (C=O) groups excluding carboxylic acids is 1. The number of rotatable bonds is 6. The minimum absolute atomic E-state index is 0.131. The van der Waals surface area contributed by atoms with Crippen LogP contribution in [0.2, 0.25) is 0 Å². The van der Waals surface area contributed by atoms with E-state index < -0.39 is 0 Å². The van der Waals surface area contributed by atoms with Gasteiger partial charge in [0.05, 0.1) is 5.69 Å². The van der Waals surface area contributed by atoms with Gasteiger partial charge < -0.3 is 15.2 Å². The summed E-state index contributed by atoms with van der Waals surface area (Å²) in [6.45, 7) is 5.75. The van der Waals surface area contributed by atoms with Crippen molar-refractivity contribution < 1.29 is 4.79 Å². The summed E-state index contributed by atoms with van der Waals surface area (Å²) in [4.78, 5) is 39.3. The first kappa shape index (κ1) is 23.9. The van der Waals surface area contributed by atoms with Crippen molar-refractivity contribution in [2.75, 3.05) is 19.0 Å². The summed E-state index contributed by atoms with van der Waals surface area (Å²) in [6, 6.07) is 7.66. The van der Waals surface area contributed by atoms with E-state index in [1.165, 1.54) is 0 Å². The zero-order chi connectivity index (χ0) is 25.3. The maximum Gasteiger partial charge on any atom is 0.253 e. The monoisotopic (exact) mass is 471 g/mol. The third-order valence-electron chi connectivity index (χ3n) is 6.04. The molecule has 0 atom stereocenters. The Kier molecular flexibility index (Phi) is 6.50. The van der Waals surface area contributed by atoms with Crippen LogP contribution in [-0.2, 0) is 13.6 Å². The molecule has 0 aliphatic heterocycles. The third kappa shape index (κ3) is 4.84. The van der Waals surface area contributed by atoms with Crippen LogP contribution in [-0.4, -0.2) is 44.7 Å². The fourth-order valence-corrected chi connectivity index (χ4v) is 4.09. The summed E-state index contributed by atoms with van der Waals surface area (Å²) in [5.74, 6) is 0.336. The van der Waals surface area contributed by atoms with E-state index in [0.717, 1.165) is 39.2 Å². The first-order valence-electron chi connectivity index (χ1n) is 11.3. The zero-order valence-corrected chi connectivity index (χ0v) is 20.8. The van der Waals surface area contributed by atoms with E-state index in [4.69, 9.17) is 0 Å². The average Bonchev–Trinajstić information content (AvgIpc) is 3.24. The molecule has 0 radical (unpaired) electrons. The predicted octanol–water partition coefficient (Wildman–Crippen LogP) is 3.15. The first-order chi connectivity index (χ1) is 16.7. The van der Waals surface area contributed by atoms with Crippen molar-refractivity contribution in [3.63, 3.8) is 0 Å². The number of hydrogen-bond donors (Lipinski definition) is 2. The van der Waals surface area contributed by atoms with E-state index in [1.807, 2.05) is 71.1 Å². The molecule has 0 bridgehead atoms. The highest BCUT2D eigenvalue weighted by Crippen LogP contribution is 2.32. The summed E-state index contributed by atoms with van der Waals surface area (Å²) >= 11 is 0. The summed E-state index contributed by atoms with van der Waals surface area (Å²) in [5.41, 5.74) is 6.67. The molecule has 0 spiro atoms. The van der Waals surface area contributed by atoms with E-state index in [9.17, 15) is 9.59 Å². The molecule has 180 valence electrons. The van der Waals surface area contributed by atoms with Crippen molar-refractivity contribution >= 4 is 11.9 Å². The lowest BCUT2D eigenvalue weighted by atomic mass is 9.94. The molecule has 9 heteroatoms. The number of amides is 1. The van der Waals surface area contributed by atoms with Gasteiger partial charge in [0, 0.05) is 74.2 Å². The van der Waals surface area contributed by atoms with Crippen LogP contribution in [0.4, 0.5) is 5.95 Å². The van der Waals surface area contributed by atoms with Crippen LogP contribution in [0.25, 0.3) is 22.4 Å². The molecule has 0 saturated heterocycles. The van der Waals surface area contributed by atoms with Gasteiger partial charge in [0.25, 0.3) is 11.5 Å². The minimum Gasteiger partial charge on any atom is -0.348 e. The Morgan fingerprint density at radius 1 is 1.09 bits per heavy atom. The van der Waals surface area contributed by atoms with Gasteiger partial charge in [0.15, 0.2) is 0 Å². The van der Waals surface area contributed by atoms with Crippen LogP contribution in [0.1, 0.15) is 32.7 Å². The molecular formula is C26H29N7O2. The molecular weight excluding hydrogens is 442 g/mol. The Labute approximate surface area is 203 Å². The van der Waals surface area contributed by atoms with Crippen LogP contribution in [0.3, 0.4) is 0 Å². The highest BCUT2D eigenvalue weighted by molar-refractivity contribution is 5.99. The van der Waals surface area contributed by atoms with Gasteiger partial charge in [-0.1, -0.05) is 0 Å². The highest BCUT2D eigenvalue weighted by atomic mass is 16.1. The molecule has 2 N–H and O–H groups in total. The van der Waals surface area contributed by atoms with Gasteiger partial charge in [-0.2, -0.15) is 5.10 Å². The van der Waals surface area contributed by atoms with E-state index in [1.54, 1.807) is 23.3 Å². The fraction of sp³-hybridized carbons (Fsp3) is 0.269. The first-order valence-corrected chi connectivity index (χ1v) is 11.3. The van der Waals surface area contributed by atoms with Crippen molar-refractivity contribution in [3.8, 4) is 22.4 Å². The van der Waals surface area contributed by atoms with E-state index in [0.29, 0.717) is 17.1 Å². The van der Waals surface area contributed by atoms with Crippen molar-refractivity contribution in [1.82, 2.24) is 30.0 Å². The minimum atomic E-state index is -0.266. The number of pyridine rings is 1. The lowest BCUT2D eigenvalue weighted by Gasteiger charge is -2.16. The van der Waals surface area contributed by atoms with Crippen LogP contribution < -0.4 is 15.8 Å². The topological polar surface area (TPSA) is 109 Å². The molecule has 3 aromatic heterocycles. The molecule has 0 aliphatic carbocycles. The predicted molar refractivity (Wildman–Crippen MR) is 136 cm³/mol. The van der Waals surface area contributed by atoms with Crippen LogP contribution >= 0.6 is 0 Å². The number of benzene rings is 1. The SMILES string of the molecule is Cc1cc(C)c(CNC(=O)c2cc(-c3cnc(N(C)C)nc3)cc(-c3ccnn3C)c2C)c(=O)[nH]1. The second-order valence-corrected chi connectivity index (χ2v) is 8.83. The number of aryl methyl sites for hydroxylation is 3. The van der Waals surface area contributed by atoms with Gasteiger partial charge in [-0.05, 0) is 61.7 Å². The smallest absolute Gasteiger partial charge is 0.253 e. The Morgan fingerprint density at radius 2 is 1.80 bits per heavy atom. The summed E-state index contributed by atoms with van der Waals surface area (Å²) in [7, 11) is 5.62. The van der Waals surface area contributed by atoms with Crippen LogP contribution in [0.5, 0.6) is 0 Å². The van der Waals surface area contributed by atoms with E-state index >= 15 is 0 Å². The molecule has 0 unspecified atom stereocenters. The largest absolute Gasteiger partial charge is 0.348 e. The Bertz CT molecular complexity index is 1450. The molecule has 1 aromatic carbocycles. The van der Waals surface area contributed by atoms with E-state index in [2.05, 4.69) is 25.4 Å². The molecule has 0 saturated carbocycles. The van der Waals surface area contributed by atoms with Crippen LogP contribution in [0, 0.1) is 20.8 Å². The van der Waals surface area contributed by atoms with Crippen molar-refractivity contribution in [1.29, 1.82) is 0 Å². The number of hydrogen-bond acceptors (Lipinski definition) is 6. The Balaban J connectivity index is 1.75. The molecule has 35 heavy (non-hydrogen) atoms. The van der Waals surface area contributed by atoms with Gasteiger partial charge >= 0.3 is 0 Å². The molecule has 0 fully saturated rings. The molecule has 0 aliphatic rings. The number of nitrogens with one attached hydrogen (secondary N) is 2. The maximum atomic E-state index is 13.4. The number of nitrogens with zero attached hydrogens (tertiary/aromatic N) is 5. The van der Waals surface area contributed by atoms with Gasteiger partial charge in [0.1, 0.15) is 0 Å². The van der Waals surface area contributed by atoms with Gasteiger partial charge in [-0.25, -0.2) is 9.97 Å². The second kappa shape index (κ2) is 9.54. The molecule has 4 aromatic rings. The van der Waals surface area contributed by atoms with E-state index in [-0.39, 0.29) is 18.0 Å². The third-order valence-corrected chi connectivity index (χ3v) is 6.04. The normalized spacial score (nSPS) is 10.9. The van der Waals surface area contributed by atoms with Gasteiger partial charge in [-0.15, -0.1) is 0 Å². The summed E-state index contributed by atoms with van der Waals surface area (Å²) in [5, 5.41) is 7.22. The molecule has 1 amide bonds. The van der Waals surface area contributed by atoms with Crippen molar-refractivity contribution in [3.05, 3.63) is 81.2 Å². The molecule has 9 nitrogen and oxygen atoms in total. The Morgan fingerprint density at radius 3 is 2.40 bits per heavy atom. The quantitative estimate of drug-likeness (QED) is 0.447. The van der Waals surface area contributed by atoms with Crippen LogP contribution in [0.15, 0.2) is 47.7 Å². The number of carbonyl (C=O) groups is 1. The van der Waals surface area contributed by atoms with Gasteiger partial charge in [0.2, 0.25) is 5.95 Å². The van der Waals surface area contributed by atoms with Crippen molar-refractivity contribution in [2.24, 2.45) is 7.05 Å². The number of aromatic amines is 1. The van der Waals surface area contributed by atoms with Crippen molar-refractivity contribution in [2.45, 2.75) is 27.3 Å². The maximum absolute atomic E-state index is 13.4. The lowest BCUT2D eigenvalue weighted by Crippen LogP contribution is -2.28. The fourth-order valence-electron chi connectivity index (χ4n) is 4.09. The highest BCUT2D eigenvalue weighted by Gasteiger charge is 2.18.